The van der Waals surface area contributed by atoms with Gasteiger partial charge >= 0.3 is 0 Å². The van der Waals surface area contributed by atoms with Gasteiger partial charge in [-0.25, -0.2) is 0 Å². The molecule has 6 rings (SSSR count). The van der Waals surface area contributed by atoms with Crippen LogP contribution in [0.3, 0.4) is 0 Å². The maximum atomic E-state index is 12.1. The highest BCUT2D eigenvalue weighted by Gasteiger charge is 2.20. The SMILES string of the molecule is C.C.C.CC(=O)C(Cc1ccc(O)cc1)NC(=O)c1ccccc1.NC(=O)C(Cc1ccccc1)NC(=O)c1ccccc1.O=Cc1ccccc1.O=Cc1ccccc1. The molecule has 2 unspecified atom stereocenters. The Morgan fingerprint density at radius 3 is 1.15 bits per heavy atom. The zero-order valence-corrected chi connectivity index (χ0v) is 31.4. The van der Waals surface area contributed by atoms with Gasteiger partial charge in [0.1, 0.15) is 24.4 Å². The molecule has 0 bridgehead atoms. The largest absolute Gasteiger partial charge is 0.508 e. The molecule has 10 nitrogen and oxygen atoms in total. The fraction of sp³-hybridized carbons (Fsp3) is 0.160. The molecule has 3 amide bonds. The molecule has 5 N–H and O–H groups in total. The molecule has 2 atom stereocenters. The van der Waals surface area contributed by atoms with E-state index < -0.39 is 18.0 Å². The van der Waals surface area contributed by atoms with Gasteiger partial charge in [0.15, 0.2) is 5.78 Å². The lowest BCUT2D eigenvalue weighted by Gasteiger charge is -2.16. The van der Waals surface area contributed by atoms with Crippen LogP contribution in [-0.2, 0) is 22.4 Å². The van der Waals surface area contributed by atoms with Crippen molar-refractivity contribution in [3.8, 4) is 5.75 Å². The molecule has 0 saturated heterocycles. The summed E-state index contributed by atoms with van der Waals surface area (Å²) in [5.41, 5.74) is 9.67. The molecule has 6 aromatic carbocycles. The molecular formula is C50H57N3O7. The predicted molar refractivity (Wildman–Crippen MR) is 241 cm³/mol. The average molecular weight is 812 g/mol. The zero-order valence-electron chi connectivity index (χ0n) is 31.4. The quantitative estimate of drug-likeness (QED) is 0.0895. The highest BCUT2D eigenvalue weighted by atomic mass is 16.3. The van der Waals surface area contributed by atoms with Gasteiger partial charge in [-0.1, -0.05) is 162 Å². The van der Waals surface area contributed by atoms with Crippen molar-refractivity contribution in [3.05, 3.63) is 209 Å². The molecular weight excluding hydrogens is 755 g/mol. The van der Waals surface area contributed by atoms with Crippen molar-refractivity contribution in [1.82, 2.24) is 10.6 Å². The van der Waals surface area contributed by atoms with E-state index in [-0.39, 0.29) is 45.6 Å². The van der Waals surface area contributed by atoms with Gasteiger partial charge in [-0.05, 0) is 60.9 Å². The van der Waals surface area contributed by atoms with Crippen LogP contribution in [0.15, 0.2) is 176 Å². The monoisotopic (exact) mass is 811 g/mol. The van der Waals surface area contributed by atoms with Crippen molar-refractivity contribution < 1.29 is 33.9 Å². The van der Waals surface area contributed by atoms with Gasteiger partial charge in [0.2, 0.25) is 5.91 Å². The van der Waals surface area contributed by atoms with Gasteiger partial charge in [0, 0.05) is 28.7 Å². The molecule has 0 spiro atoms. The summed E-state index contributed by atoms with van der Waals surface area (Å²) in [7, 11) is 0. The molecule has 314 valence electrons. The number of amides is 3. The van der Waals surface area contributed by atoms with E-state index in [0.29, 0.717) is 24.0 Å². The van der Waals surface area contributed by atoms with Gasteiger partial charge in [-0.2, -0.15) is 0 Å². The summed E-state index contributed by atoms with van der Waals surface area (Å²) in [5.74, 6) is -1.04. The van der Waals surface area contributed by atoms with Gasteiger partial charge in [0.25, 0.3) is 11.8 Å². The van der Waals surface area contributed by atoms with Crippen molar-refractivity contribution in [2.24, 2.45) is 5.73 Å². The highest BCUT2D eigenvalue weighted by Crippen LogP contribution is 2.12. The molecule has 0 fully saturated rings. The molecule has 0 aliphatic rings. The summed E-state index contributed by atoms with van der Waals surface area (Å²) in [6.45, 7) is 1.45. The van der Waals surface area contributed by atoms with E-state index >= 15 is 0 Å². The van der Waals surface area contributed by atoms with E-state index in [9.17, 15) is 33.9 Å². The normalized spacial score (nSPS) is 10.2. The molecule has 0 radical (unpaired) electrons. The van der Waals surface area contributed by atoms with Crippen LogP contribution in [0.25, 0.3) is 0 Å². The summed E-state index contributed by atoms with van der Waals surface area (Å²) in [4.78, 5) is 67.3. The summed E-state index contributed by atoms with van der Waals surface area (Å²) in [5, 5.41) is 14.7. The minimum absolute atomic E-state index is 0. The van der Waals surface area contributed by atoms with Crippen LogP contribution in [0.2, 0.25) is 0 Å². The second-order valence-corrected chi connectivity index (χ2v) is 12.4. The summed E-state index contributed by atoms with van der Waals surface area (Å²) in [6.07, 6.45) is 2.45. The number of aromatic hydroxyl groups is 1. The molecule has 0 aliphatic carbocycles. The van der Waals surface area contributed by atoms with Gasteiger partial charge in [-0.15, -0.1) is 0 Å². The number of nitrogens with two attached hydrogens (primary N) is 1. The first-order valence-electron chi connectivity index (χ1n) is 17.9. The number of primary amides is 1. The van der Waals surface area contributed by atoms with E-state index in [1.54, 1.807) is 97.1 Å². The van der Waals surface area contributed by atoms with Crippen LogP contribution < -0.4 is 16.4 Å². The van der Waals surface area contributed by atoms with Crippen molar-refractivity contribution in [2.75, 3.05) is 0 Å². The maximum absolute atomic E-state index is 12.1. The maximum Gasteiger partial charge on any atom is 0.251 e. The van der Waals surface area contributed by atoms with Crippen molar-refractivity contribution in [2.45, 2.75) is 54.1 Å². The smallest absolute Gasteiger partial charge is 0.251 e. The third-order valence-corrected chi connectivity index (χ3v) is 8.05. The Bertz CT molecular complexity index is 2070. The lowest BCUT2D eigenvalue weighted by Crippen LogP contribution is -2.45. The number of phenols is 1. The lowest BCUT2D eigenvalue weighted by molar-refractivity contribution is -0.120. The molecule has 0 heterocycles. The number of phenolic OH excluding ortho intramolecular Hbond substituents is 1. The number of benzene rings is 6. The summed E-state index contributed by atoms with van der Waals surface area (Å²) in [6, 6.07) is 50.5. The number of rotatable bonds is 12. The van der Waals surface area contributed by atoms with Crippen LogP contribution >= 0.6 is 0 Å². The fourth-order valence-electron chi connectivity index (χ4n) is 4.96. The molecule has 60 heavy (non-hydrogen) atoms. The number of carbonyl (C=O) groups is 6. The first-order valence-corrected chi connectivity index (χ1v) is 17.9. The Kier molecular flexibility index (Phi) is 26.0. The summed E-state index contributed by atoms with van der Waals surface area (Å²) < 4.78 is 0. The number of ketones is 1. The first-order chi connectivity index (χ1) is 27.6. The average Bonchev–Trinajstić information content (AvgIpc) is 3.26. The van der Waals surface area contributed by atoms with Gasteiger partial charge in [0.05, 0.1) is 6.04 Å². The summed E-state index contributed by atoms with van der Waals surface area (Å²) >= 11 is 0. The third kappa shape index (κ3) is 20.1. The lowest BCUT2D eigenvalue weighted by atomic mass is 10.0. The van der Waals surface area contributed by atoms with E-state index in [2.05, 4.69) is 10.6 Å². The number of hydrogen-bond acceptors (Lipinski definition) is 7. The van der Waals surface area contributed by atoms with Crippen LogP contribution in [0.4, 0.5) is 0 Å². The number of nitrogens with one attached hydrogen (secondary N) is 2. The highest BCUT2D eigenvalue weighted by molar-refractivity contribution is 5.98. The number of hydrogen-bond donors (Lipinski definition) is 4. The molecule has 0 aliphatic heterocycles. The van der Waals surface area contributed by atoms with Crippen molar-refractivity contribution in [1.29, 1.82) is 0 Å². The van der Waals surface area contributed by atoms with Crippen LogP contribution in [0.1, 0.15) is 81.8 Å². The van der Waals surface area contributed by atoms with E-state index in [1.165, 1.54) is 6.92 Å². The number of Topliss-reactive ketones (excluding diaryl/α,β-unsaturated/α-hetero) is 1. The van der Waals surface area contributed by atoms with Crippen LogP contribution in [0, 0.1) is 0 Å². The second kappa shape index (κ2) is 29.7. The zero-order chi connectivity index (χ0) is 41.3. The first kappa shape index (κ1) is 52.5. The number of aldehydes is 2. The Balaban J connectivity index is 0.000000824. The van der Waals surface area contributed by atoms with Gasteiger partial charge in [-0.3, -0.25) is 28.8 Å². The third-order valence-electron chi connectivity index (χ3n) is 8.05. The standard InChI is InChI=1S/C17H17NO3.C16H16N2O2.2C7H6O.3CH4/c1-12(19)16(11-13-7-9-15(20)10-8-13)18-17(21)14-5-3-2-4-6-14;17-15(19)14(11-12-7-3-1-4-8-12)18-16(20)13-9-5-2-6-10-13;2*8-6-7-4-2-1-3-5-7;;;/h2-10,16,20H,11H2,1H3,(H,18,21);1-10,14H,11H2,(H2,17,19)(H,18,20);2*1-6H;3*1H4. The minimum Gasteiger partial charge on any atom is -0.508 e. The predicted octanol–water partition coefficient (Wildman–Crippen LogP) is 8.74. The topological polar surface area (TPSA) is 173 Å². The minimum atomic E-state index is -0.717. The molecule has 6 aromatic rings. The van der Waals surface area contributed by atoms with Gasteiger partial charge < -0.3 is 21.5 Å². The Morgan fingerprint density at radius 1 is 0.500 bits per heavy atom. The van der Waals surface area contributed by atoms with E-state index in [0.717, 1.165) is 34.8 Å². The Morgan fingerprint density at radius 2 is 0.817 bits per heavy atom. The van der Waals surface area contributed by atoms with E-state index in [4.69, 9.17) is 5.73 Å². The fourth-order valence-corrected chi connectivity index (χ4v) is 4.96. The van der Waals surface area contributed by atoms with Crippen molar-refractivity contribution >= 4 is 36.1 Å². The van der Waals surface area contributed by atoms with Crippen LogP contribution in [0.5, 0.6) is 5.75 Å². The van der Waals surface area contributed by atoms with E-state index in [1.807, 2.05) is 78.9 Å². The second-order valence-electron chi connectivity index (χ2n) is 12.4. The molecule has 10 heteroatoms. The van der Waals surface area contributed by atoms with Crippen LogP contribution in [-0.4, -0.2) is 53.3 Å². The number of carbonyl (C=O) groups excluding carboxylic acids is 6. The Labute approximate surface area is 354 Å². The molecule has 0 saturated carbocycles. The van der Waals surface area contributed by atoms with Crippen molar-refractivity contribution in [3.63, 3.8) is 0 Å². The molecule has 0 aromatic heterocycles. The Hall–Kier alpha value is -7.46.